The third-order valence-corrected chi connectivity index (χ3v) is 4.57. The molecule has 0 bridgehead atoms. The highest BCUT2D eigenvalue weighted by Crippen LogP contribution is 2.31. The number of aromatic nitrogens is 4. The number of furan rings is 1. The van der Waals surface area contributed by atoms with Gasteiger partial charge in [0.25, 0.3) is 11.5 Å². The maximum atomic E-state index is 13.2. The van der Waals surface area contributed by atoms with Gasteiger partial charge < -0.3 is 14.3 Å². The predicted octanol–water partition coefficient (Wildman–Crippen LogP) is 1.47. The third-order valence-electron chi connectivity index (χ3n) is 4.57. The first kappa shape index (κ1) is 15.6. The van der Waals surface area contributed by atoms with Gasteiger partial charge in [0.1, 0.15) is 11.3 Å². The van der Waals surface area contributed by atoms with Gasteiger partial charge in [0.2, 0.25) is 0 Å². The van der Waals surface area contributed by atoms with Crippen molar-refractivity contribution >= 4 is 16.9 Å². The van der Waals surface area contributed by atoms with E-state index in [1.165, 1.54) is 11.0 Å². The summed E-state index contributed by atoms with van der Waals surface area (Å²) < 4.78 is 6.98. The van der Waals surface area contributed by atoms with E-state index in [0.29, 0.717) is 24.1 Å². The molecule has 1 N–H and O–H groups in total. The molecule has 130 valence electrons. The number of fused-ring (bicyclic) bond motifs is 2. The van der Waals surface area contributed by atoms with Crippen molar-refractivity contribution < 1.29 is 9.21 Å². The van der Waals surface area contributed by atoms with Crippen LogP contribution in [-0.4, -0.2) is 37.1 Å². The highest BCUT2D eigenvalue weighted by atomic mass is 16.3. The molecule has 25 heavy (non-hydrogen) atoms. The molecular weight excluding hydrogens is 322 g/mol. The van der Waals surface area contributed by atoms with Crippen LogP contribution in [0.2, 0.25) is 0 Å². The summed E-state index contributed by atoms with van der Waals surface area (Å²) >= 11 is 0. The Morgan fingerprint density at radius 1 is 1.40 bits per heavy atom. The predicted molar refractivity (Wildman–Crippen MR) is 90.1 cm³/mol. The van der Waals surface area contributed by atoms with Gasteiger partial charge in [0.15, 0.2) is 11.2 Å². The Morgan fingerprint density at radius 2 is 2.20 bits per heavy atom. The van der Waals surface area contributed by atoms with Crippen LogP contribution in [0.1, 0.15) is 35.7 Å². The number of hydrogen-bond donors (Lipinski definition) is 1. The lowest BCUT2D eigenvalue weighted by Crippen LogP contribution is -2.37. The van der Waals surface area contributed by atoms with Crippen molar-refractivity contribution in [1.29, 1.82) is 0 Å². The fraction of sp³-hybridized carbons (Fsp3) is 0.412. The largest absolute Gasteiger partial charge is 0.469 e. The fourth-order valence-corrected chi connectivity index (χ4v) is 3.48. The molecule has 0 spiro atoms. The van der Waals surface area contributed by atoms with E-state index in [2.05, 4.69) is 28.9 Å². The number of amides is 1. The van der Waals surface area contributed by atoms with Gasteiger partial charge in [-0.2, -0.15) is 5.10 Å². The molecule has 0 fully saturated rings. The molecule has 0 saturated carbocycles. The SMILES string of the molecule is Cn1nc(C(=O)N2Cc3ccoc3CC(C)(C)C2)c2nc[nH]c(=O)c21. The van der Waals surface area contributed by atoms with Crippen LogP contribution in [-0.2, 0) is 20.0 Å². The summed E-state index contributed by atoms with van der Waals surface area (Å²) in [4.78, 5) is 33.6. The lowest BCUT2D eigenvalue weighted by molar-refractivity contribution is 0.0674. The normalized spacial score (nSPS) is 16.7. The molecule has 0 atom stereocenters. The van der Waals surface area contributed by atoms with Gasteiger partial charge in [-0.1, -0.05) is 13.8 Å². The summed E-state index contributed by atoms with van der Waals surface area (Å²) in [5.74, 6) is 0.687. The molecule has 0 aliphatic carbocycles. The number of H-pyrrole nitrogens is 1. The summed E-state index contributed by atoms with van der Waals surface area (Å²) in [6.07, 6.45) is 3.72. The Kier molecular flexibility index (Phi) is 3.31. The summed E-state index contributed by atoms with van der Waals surface area (Å²) in [7, 11) is 1.64. The molecule has 3 aromatic rings. The second kappa shape index (κ2) is 5.30. The van der Waals surface area contributed by atoms with Crippen molar-refractivity contribution in [3.8, 4) is 0 Å². The van der Waals surface area contributed by atoms with Crippen LogP contribution in [0, 0.1) is 5.41 Å². The summed E-state index contributed by atoms with van der Waals surface area (Å²) in [5.41, 5.74) is 1.38. The molecule has 1 aliphatic heterocycles. The number of nitrogens with one attached hydrogen (secondary N) is 1. The number of hydrogen-bond acceptors (Lipinski definition) is 5. The molecule has 0 saturated heterocycles. The van der Waals surface area contributed by atoms with E-state index in [-0.39, 0.29) is 22.6 Å². The number of carbonyl (C=O) groups excluding carboxylic acids is 1. The number of carbonyl (C=O) groups is 1. The zero-order valence-electron chi connectivity index (χ0n) is 14.4. The van der Waals surface area contributed by atoms with Gasteiger partial charge in [-0.3, -0.25) is 14.3 Å². The van der Waals surface area contributed by atoms with Crippen molar-refractivity contribution in [3.05, 3.63) is 46.0 Å². The molecule has 1 aliphatic rings. The van der Waals surface area contributed by atoms with E-state index in [0.717, 1.165) is 17.7 Å². The fourth-order valence-electron chi connectivity index (χ4n) is 3.48. The Balaban J connectivity index is 1.79. The molecule has 8 nitrogen and oxygen atoms in total. The van der Waals surface area contributed by atoms with Crippen LogP contribution >= 0.6 is 0 Å². The minimum atomic E-state index is -0.313. The van der Waals surface area contributed by atoms with Crippen molar-refractivity contribution in [2.24, 2.45) is 12.5 Å². The van der Waals surface area contributed by atoms with Gasteiger partial charge >= 0.3 is 0 Å². The van der Waals surface area contributed by atoms with Gasteiger partial charge in [-0.25, -0.2) is 4.98 Å². The topological polar surface area (TPSA) is 97.0 Å². The maximum absolute atomic E-state index is 13.2. The van der Waals surface area contributed by atoms with Crippen molar-refractivity contribution in [2.75, 3.05) is 6.54 Å². The maximum Gasteiger partial charge on any atom is 0.276 e. The standard InChI is InChI=1S/C17H19N5O3/c1-17(2)6-11-10(4-5-25-11)7-22(8-17)16(24)13-12-14(21(3)20-13)15(23)19-9-18-12/h4-5,9H,6-8H2,1-3H3,(H,18,19,23). The average Bonchev–Trinajstić information content (AvgIpc) is 3.07. The second-order valence-electron chi connectivity index (χ2n) is 7.27. The van der Waals surface area contributed by atoms with E-state index >= 15 is 0 Å². The first-order valence-electron chi connectivity index (χ1n) is 8.11. The van der Waals surface area contributed by atoms with Crippen LogP contribution in [0.3, 0.4) is 0 Å². The van der Waals surface area contributed by atoms with Crippen LogP contribution in [0.25, 0.3) is 11.0 Å². The summed E-state index contributed by atoms with van der Waals surface area (Å²) in [5, 5.41) is 4.27. The lowest BCUT2D eigenvalue weighted by atomic mass is 9.88. The summed E-state index contributed by atoms with van der Waals surface area (Å²) in [6.45, 7) is 5.22. The third kappa shape index (κ3) is 2.54. The van der Waals surface area contributed by atoms with Crippen LogP contribution in [0.4, 0.5) is 0 Å². The minimum absolute atomic E-state index is 0.131. The first-order chi connectivity index (χ1) is 11.9. The van der Waals surface area contributed by atoms with E-state index in [9.17, 15) is 9.59 Å². The van der Waals surface area contributed by atoms with E-state index in [4.69, 9.17) is 4.42 Å². The summed E-state index contributed by atoms with van der Waals surface area (Å²) in [6, 6.07) is 1.90. The van der Waals surface area contributed by atoms with E-state index < -0.39 is 0 Å². The highest BCUT2D eigenvalue weighted by molar-refractivity contribution is 6.03. The number of aromatic amines is 1. The first-order valence-corrected chi connectivity index (χ1v) is 8.11. The van der Waals surface area contributed by atoms with Gasteiger partial charge in [0.05, 0.1) is 12.6 Å². The smallest absolute Gasteiger partial charge is 0.276 e. The molecule has 1 amide bonds. The molecule has 0 aromatic carbocycles. The minimum Gasteiger partial charge on any atom is -0.469 e. The van der Waals surface area contributed by atoms with Crippen LogP contribution in [0.15, 0.2) is 27.9 Å². The van der Waals surface area contributed by atoms with Crippen molar-refractivity contribution in [3.63, 3.8) is 0 Å². The Labute approximate surface area is 143 Å². The van der Waals surface area contributed by atoms with Gasteiger partial charge in [0, 0.05) is 32.1 Å². The highest BCUT2D eigenvalue weighted by Gasteiger charge is 2.34. The van der Waals surface area contributed by atoms with E-state index in [1.807, 2.05) is 6.07 Å². The van der Waals surface area contributed by atoms with Gasteiger partial charge in [-0.15, -0.1) is 0 Å². The average molecular weight is 341 g/mol. The van der Waals surface area contributed by atoms with Crippen LogP contribution < -0.4 is 5.56 Å². The number of rotatable bonds is 1. The Morgan fingerprint density at radius 3 is 3.00 bits per heavy atom. The molecule has 8 heteroatoms. The molecule has 4 heterocycles. The van der Waals surface area contributed by atoms with Crippen molar-refractivity contribution in [2.45, 2.75) is 26.8 Å². The molecule has 3 aromatic heterocycles. The Hall–Kier alpha value is -2.90. The molecule has 0 radical (unpaired) electrons. The zero-order valence-corrected chi connectivity index (χ0v) is 14.4. The zero-order chi connectivity index (χ0) is 17.8. The number of nitrogens with zero attached hydrogens (tertiary/aromatic N) is 4. The second-order valence-corrected chi connectivity index (χ2v) is 7.27. The molecule has 0 unspecified atom stereocenters. The van der Waals surface area contributed by atoms with Crippen LogP contribution in [0.5, 0.6) is 0 Å². The Bertz CT molecular complexity index is 1030. The van der Waals surface area contributed by atoms with E-state index in [1.54, 1.807) is 18.2 Å². The molecule has 4 rings (SSSR count). The van der Waals surface area contributed by atoms with Crippen molar-refractivity contribution in [1.82, 2.24) is 24.6 Å². The monoisotopic (exact) mass is 341 g/mol. The quantitative estimate of drug-likeness (QED) is 0.723. The molecular formula is C17H19N5O3. The van der Waals surface area contributed by atoms with Gasteiger partial charge in [-0.05, 0) is 11.5 Å². The number of aryl methyl sites for hydroxylation is 1. The lowest BCUT2D eigenvalue weighted by Gasteiger charge is -2.28.